The highest BCUT2D eigenvalue weighted by atomic mass is 35.5. The average molecular weight is 431 g/mol. The fraction of sp³-hybridized carbons (Fsp3) is 0.0526. The number of ether oxygens (including phenoxy) is 1. The molecule has 0 unspecified atom stereocenters. The van der Waals surface area contributed by atoms with Crippen molar-refractivity contribution in [1.82, 2.24) is 14.6 Å². The van der Waals surface area contributed by atoms with Crippen LogP contribution in [0.1, 0.15) is 5.56 Å². The molecule has 146 valence electrons. The van der Waals surface area contributed by atoms with Crippen LogP contribution in [0.3, 0.4) is 0 Å². The monoisotopic (exact) mass is 430 g/mol. The Hall–Kier alpha value is -3.30. The van der Waals surface area contributed by atoms with E-state index in [-0.39, 0.29) is 12.2 Å². The van der Waals surface area contributed by atoms with E-state index in [1.54, 1.807) is 24.3 Å². The normalized spacial score (nSPS) is 11.7. The van der Waals surface area contributed by atoms with Crippen LogP contribution in [-0.4, -0.2) is 27.1 Å². The number of thiazole rings is 1. The van der Waals surface area contributed by atoms with Crippen molar-refractivity contribution in [2.45, 2.75) is 0 Å². The highest BCUT2D eigenvalue weighted by Crippen LogP contribution is 2.24. The summed E-state index contributed by atoms with van der Waals surface area (Å²) in [6.07, 6.45) is 2.92. The third-order valence-electron chi connectivity index (χ3n) is 3.87. The lowest BCUT2D eigenvalue weighted by Crippen LogP contribution is -2.24. The summed E-state index contributed by atoms with van der Waals surface area (Å²) < 4.78 is 20.2. The molecule has 29 heavy (non-hydrogen) atoms. The summed E-state index contributed by atoms with van der Waals surface area (Å²) in [7, 11) is 0. The Morgan fingerprint density at radius 1 is 1.28 bits per heavy atom. The molecule has 7 nitrogen and oxygen atoms in total. The van der Waals surface area contributed by atoms with Gasteiger partial charge in [-0.3, -0.25) is 9.59 Å². The third kappa shape index (κ3) is 4.25. The van der Waals surface area contributed by atoms with Crippen molar-refractivity contribution in [3.8, 4) is 5.75 Å². The first-order chi connectivity index (χ1) is 14.0. The van der Waals surface area contributed by atoms with Crippen molar-refractivity contribution < 1.29 is 13.9 Å². The third-order valence-corrected chi connectivity index (χ3v) is 5.07. The maximum absolute atomic E-state index is 12.9. The highest BCUT2D eigenvalue weighted by Gasteiger charge is 2.10. The summed E-state index contributed by atoms with van der Waals surface area (Å²) in [5, 5.41) is 6.93. The molecule has 0 spiro atoms. The Kier molecular flexibility index (Phi) is 5.24. The summed E-state index contributed by atoms with van der Waals surface area (Å²) in [5.74, 6) is -0.433. The topological polar surface area (TPSA) is 85.6 Å². The first-order valence-corrected chi connectivity index (χ1v) is 9.51. The van der Waals surface area contributed by atoms with Gasteiger partial charge in [-0.1, -0.05) is 22.9 Å². The number of halogens is 2. The molecule has 0 saturated heterocycles. The molecule has 10 heteroatoms. The van der Waals surface area contributed by atoms with Crippen LogP contribution in [0.4, 0.5) is 10.1 Å². The molecule has 0 radical (unpaired) electrons. The zero-order chi connectivity index (χ0) is 20.4. The number of aromatic nitrogens is 3. The Balaban J connectivity index is 1.55. The predicted octanol–water partition coefficient (Wildman–Crippen LogP) is 2.51. The van der Waals surface area contributed by atoms with Crippen molar-refractivity contribution in [2.75, 3.05) is 11.9 Å². The first-order valence-electron chi connectivity index (χ1n) is 8.31. The van der Waals surface area contributed by atoms with Crippen LogP contribution in [0.2, 0.25) is 5.02 Å². The summed E-state index contributed by atoms with van der Waals surface area (Å²) in [5.41, 5.74) is 0.685. The Bertz CT molecular complexity index is 1300. The summed E-state index contributed by atoms with van der Waals surface area (Å²) in [4.78, 5) is 28.9. The molecule has 1 N–H and O–H groups in total. The van der Waals surface area contributed by atoms with Gasteiger partial charge in [0.2, 0.25) is 4.96 Å². The van der Waals surface area contributed by atoms with E-state index < -0.39 is 11.7 Å². The summed E-state index contributed by atoms with van der Waals surface area (Å²) in [6, 6.07) is 10.3. The molecule has 4 aromatic rings. The fourth-order valence-corrected chi connectivity index (χ4v) is 3.61. The Labute approximate surface area is 172 Å². The molecule has 0 aliphatic carbocycles. The lowest BCUT2D eigenvalue weighted by molar-refractivity contribution is -0.118. The molecule has 2 aromatic heterocycles. The number of carbonyl (C=O) groups is 1. The van der Waals surface area contributed by atoms with E-state index in [9.17, 15) is 14.0 Å². The van der Waals surface area contributed by atoms with Gasteiger partial charge in [0.05, 0.1) is 4.53 Å². The molecule has 4 rings (SSSR count). The van der Waals surface area contributed by atoms with E-state index >= 15 is 0 Å². The molecule has 0 aliphatic rings. The lowest BCUT2D eigenvalue weighted by Gasteiger charge is -2.10. The zero-order valence-corrected chi connectivity index (χ0v) is 16.2. The van der Waals surface area contributed by atoms with Crippen molar-refractivity contribution >= 4 is 45.6 Å². The number of benzene rings is 2. The largest absolute Gasteiger partial charge is 0.483 e. The SMILES string of the molecule is O=C(COc1ccc(Cl)cc1/C=c1\sc2ncnn2c1=O)Nc1ccc(F)cc1. The van der Waals surface area contributed by atoms with E-state index in [0.717, 1.165) is 0 Å². The second-order valence-electron chi connectivity index (χ2n) is 5.90. The lowest BCUT2D eigenvalue weighted by atomic mass is 10.2. The van der Waals surface area contributed by atoms with Gasteiger partial charge >= 0.3 is 0 Å². The van der Waals surface area contributed by atoms with Gasteiger partial charge in [-0.15, -0.1) is 0 Å². The van der Waals surface area contributed by atoms with Gasteiger partial charge < -0.3 is 10.1 Å². The number of fused-ring (bicyclic) bond motifs is 1. The van der Waals surface area contributed by atoms with Crippen molar-refractivity contribution in [1.29, 1.82) is 0 Å². The van der Waals surface area contributed by atoms with Crippen LogP contribution in [0.15, 0.2) is 53.6 Å². The number of amides is 1. The van der Waals surface area contributed by atoms with Gasteiger partial charge in [0.1, 0.15) is 17.9 Å². The van der Waals surface area contributed by atoms with Crippen LogP contribution in [-0.2, 0) is 4.79 Å². The zero-order valence-electron chi connectivity index (χ0n) is 14.6. The van der Waals surface area contributed by atoms with Gasteiger partial charge in [-0.2, -0.15) is 9.61 Å². The molecule has 0 saturated carbocycles. The molecule has 2 heterocycles. The van der Waals surface area contributed by atoms with Crippen molar-refractivity contribution in [3.05, 3.63) is 80.1 Å². The highest BCUT2D eigenvalue weighted by molar-refractivity contribution is 7.15. The quantitative estimate of drug-likeness (QED) is 0.526. The Morgan fingerprint density at radius 2 is 2.07 bits per heavy atom. The number of rotatable bonds is 5. The van der Waals surface area contributed by atoms with E-state index in [4.69, 9.17) is 16.3 Å². The molecule has 1 amide bonds. The van der Waals surface area contributed by atoms with Crippen LogP contribution in [0, 0.1) is 5.82 Å². The predicted molar refractivity (Wildman–Crippen MR) is 108 cm³/mol. The molecular formula is C19H12ClFN4O3S. The second kappa shape index (κ2) is 7.98. The first kappa shape index (κ1) is 19.0. The van der Waals surface area contributed by atoms with Gasteiger partial charge in [0.25, 0.3) is 11.5 Å². The standard InChI is InChI=1S/C19H12ClFN4O3S/c20-12-1-6-15(28-9-17(26)24-14-4-2-13(21)3-5-14)11(7-12)8-16-18(27)25-19(29-16)22-10-23-25/h1-8,10H,9H2,(H,24,26)/b16-8-. The van der Waals surface area contributed by atoms with E-state index in [1.807, 2.05) is 0 Å². The molecule has 0 aliphatic heterocycles. The molecule has 2 aromatic carbocycles. The number of hydrogen-bond donors (Lipinski definition) is 1. The van der Waals surface area contributed by atoms with E-state index in [1.165, 1.54) is 46.4 Å². The number of nitrogens with zero attached hydrogens (tertiary/aromatic N) is 3. The maximum Gasteiger partial charge on any atom is 0.291 e. The number of carbonyl (C=O) groups excluding carboxylic acids is 1. The Morgan fingerprint density at radius 3 is 2.83 bits per heavy atom. The van der Waals surface area contributed by atoms with Gasteiger partial charge in [-0.05, 0) is 48.5 Å². The molecular weight excluding hydrogens is 419 g/mol. The number of nitrogens with one attached hydrogen (secondary N) is 1. The molecule has 0 atom stereocenters. The number of anilines is 1. The van der Waals surface area contributed by atoms with E-state index in [2.05, 4.69) is 15.4 Å². The van der Waals surface area contributed by atoms with E-state index in [0.29, 0.717) is 31.5 Å². The minimum atomic E-state index is -0.416. The molecule has 0 fully saturated rings. The molecule has 0 bridgehead atoms. The van der Waals surface area contributed by atoms with Gasteiger partial charge in [0, 0.05) is 16.3 Å². The van der Waals surface area contributed by atoms with Crippen LogP contribution >= 0.6 is 22.9 Å². The average Bonchev–Trinajstić information content (AvgIpc) is 3.26. The van der Waals surface area contributed by atoms with Crippen molar-refractivity contribution in [2.24, 2.45) is 0 Å². The van der Waals surface area contributed by atoms with Crippen LogP contribution < -0.4 is 20.1 Å². The summed E-state index contributed by atoms with van der Waals surface area (Å²) >= 11 is 7.25. The summed E-state index contributed by atoms with van der Waals surface area (Å²) in [6.45, 7) is -0.278. The van der Waals surface area contributed by atoms with Gasteiger partial charge in [-0.25, -0.2) is 9.37 Å². The second-order valence-corrected chi connectivity index (χ2v) is 7.34. The number of hydrogen-bond acceptors (Lipinski definition) is 6. The smallest absolute Gasteiger partial charge is 0.291 e. The van der Waals surface area contributed by atoms with Crippen LogP contribution in [0.25, 0.3) is 11.0 Å². The van der Waals surface area contributed by atoms with Crippen molar-refractivity contribution in [3.63, 3.8) is 0 Å². The minimum absolute atomic E-state index is 0.278. The maximum atomic E-state index is 12.9. The van der Waals surface area contributed by atoms with Gasteiger partial charge in [0.15, 0.2) is 6.61 Å². The van der Waals surface area contributed by atoms with Crippen LogP contribution in [0.5, 0.6) is 5.75 Å². The minimum Gasteiger partial charge on any atom is -0.483 e. The fourth-order valence-electron chi connectivity index (χ4n) is 2.56.